The Balaban J connectivity index is 2.41. The average molecular weight is 475 g/mol. The number of hydrogen-bond acceptors (Lipinski definition) is 6. The summed E-state index contributed by atoms with van der Waals surface area (Å²) in [5.74, 6) is 5.37. The van der Waals surface area contributed by atoms with Crippen LogP contribution >= 0.6 is 0 Å². The number of aliphatic hydroxyl groups is 2. The number of carbonyl (C=O) groups excluding carboxylic acids is 2. The van der Waals surface area contributed by atoms with Gasteiger partial charge in [0.1, 0.15) is 17.8 Å². The second kappa shape index (κ2) is 12.6. The second-order valence-corrected chi connectivity index (χ2v) is 9.26. The van der Waals surface area contributed by atoms with Crippen LogP contribution in [0, 0.1) is 17.8 Å². The quantitative estimate of drug-likeness (QED) is 0.520. The van der Waals surface area contributed by atoms with Crippen LogP contribution in [0.1, 0.15) is 63.4 Å². The number of nitrogens with zero attached hydrogens (tertiary/aromatic N) is 3. The van der Waals surface area contributed by atoms with E-state index in [0.717, 1.165) is 6.42 Å². The molecule has 0 saturated heterocycles. The van der Waals surface area contributed by atoms with Crippen LogP contribution in [0.25, 0.3) is 0 Å². The van der Waals surface area contributed by atoms with Crippen LogP contribution in [0.4, 0.5) is 4.79 Å². The molecule has 188 valence electrons. The number of aromatic nitrogens is 1. The summed E-state index contributed by atoms with van der Waals surface area (Å²) in [5, 5.41) is 22.5. The summed E-state index contributed by atoms with van der Waals surface area (Å²) in [7, 11) is 1.69. The first kappa shape index (κ1) is 27.4. The molecule has 0 aliphatic carbocycles. The fourth-order valence-electron chi connectivity index (χ4n) is 3.61. The van der Waals surface area contributed by atoms with Crippen molar-refractivity contribution in [3.05, 3.63) is 23.4 Å². The Morgan fingerprint density at radius 3 is 2.74 bits per heavy atom. The number of fused-ring (bicyclic) bond motifs is 1. The topological polar surface area (TPSA) is 115 Å². The zero-order valence-electron chi connectivity index (χ0n) is 21.0. The predicted octanol–water partition coefficient (Wildman–Crippen LogP) is 1.86. The smallest absolute Gasteiger partial charge is 0.317 e. The molecule has 2 rings (SSSR count). The molecular formula is C25H38N4O5. The molecule has 2 heterocycles. The number of ether oxygens (including phenoxy) is 1. The molecule has 3 N–H and O–H groups in total. The summed E-state index contributed by atoms with van der Waals surface area (Å²) in [6, 6.07) is 0.982. The van der Waals surface area contributed by atoms with E-state index in [0.29, 0.717) is 25.1 Å². The van der Waals surface area contributed by atoms with Crippen molar-refractivity contribution < 1.29 is 24.5 Å². The molecule has 1 aliphatic rings. The molecule has 1 aromatic rings. The van der Waals surface area contributed by atoms with Crippen LogP contribution in [0.2, 0.25) is 0 Å². The summed E-state index contributed by atoms with van der Waals surface area (Å²) in [6.07, 6.45) is 1.70. The third-order valence-corrected chi connectivity index (χ3v) is 5.68. The summed E-state index contributed by atoms with van der Waals surface area (Å²) < 4.78 is 6.19. The van der Waals surface area contributed by atoms with Crippen LogP contribution in [-0.2, 0) is 0 Å². The molecule has 34 heavy (non-hydrogen) atoms. The molecule has 0 aromatic carbocycles. The summed E-state index contributed by atoms with van der Waals surface area (Å²) in [5.41, 5.74) is 0.726. The van der Waals surface area contributed by atoms with Crippen LogP contribution in [0.15, 0.2) is 12.3 Å². The van der Waals surface area contributed by atoms with E-state index in [1.807, 2.05) is 27.7 Å². The van der Waals surface area contributed by atoms with E-state index in [-0.39, 0.29) is 41.9 Å². The highest BCUT2D eigenvalue weighted by Gasteiger charge is 2.34. The zero-order valence-corrected chi connectivity index (χ0v) is 21.0. The fourth-order valence-corrected chi connectivity index (χ4v) is 3.61. The van der Waals surface area contributed by atoms with Gasteiger partial charge in [0.2, 0.25) is 5.88 Å². The number of aliphatic hydroxyl groups excluding tert-OH is 2. The van der Waals surface area contributed by atoms with E-state index < -0.39 is 18.2 Å². The van der Waals surface area contributed by atoms with Crippen molar-refractivity contribution in [3.8, 4) is 17.7 Å². The third kappa shape index (κ3) is 7.34. The van der Waals surface area contributed by atoms with Crippen molar-refractivity contribution in [3.63, 3.8) is 0 Å². The largest absolute Gasteiger partial charge is 0.472 e. The van der Waals surface area contributed by atoms with Gasteiger partial charge in [-0.05, 0) is 33.3 Å². The van der Waals surface area contributed by atoms with E-state index in [1.165, 1.54) is 6.20 Å². The van der Waals surface area contributed by atoms with E-state index in [4.69, 9.17) is 4.74 Å². The number of amides is 3. The summed E-state index contributed by atoms with van der Waals surface area (Å²) in [6.45, 7) is 9.92. The Hall–Kier alpha value is -2.83. The first-order chi connectivity index (χ1) is 16.1. The summed E-state index contributed by atoms with van der Waals surface area (Å²) in [4.78, 5) is 33.4. The van der Waals surface area contributed by atoms with Crippen LogP contribution in [-0.4, -0.2) is 88.0 Å². The van der Waals surface area contributed by atoms with Gasteiger partial charge in [0, 0.05) is 37.3 Å². The number of carbonyl (C=O) groups is 2. The lowest BCUT2D eigenvalue weighted by Gasteiger charge is -2.37. The van der Waals surface area contributed by atoms with E-state index in [2.05, 4.69) is 22.1 Å². The molecule has 0 radical (unpaired) electrons. The van der Waals surface area contributed by atoms with Crippen molar-refractivity contribution in [2.24, 2.45) is 5.92 Å². The molecule has 1 aromatic heterocycles. The predicted molar refractivity (Wildman–Crippen MR) is 129 cm³/mol. The minimum absolute atomic E-state index is 0.00177. The number of pyridine rings is 1. The van der Waals surface area contributed by atoms with Gasteiger partial charge in [-0.2, -0.15) is 0 Å². The van der Waals surface area contributed by atoms with Gasteiger partial charge in [-0.3, -0.25) is 4.79 Å². The van der Waals surface area contributed by atoms with Gasteiger partial charge in [0.05, 0.1) is 19.2 Å². The molecule has 3 amide bonds. The monoisotopic (exact) mass is 474 g/mol. The third-order valence-electron chi connectivity index (χ3n) is 5.68. The number of hydrogen-bond donors (Lipinski definition) is 3. The maximum absolute atomic E-state index is 13.4. The maximum atomic E-state index is 13.4. The van der Waals surface area contributed by atoms with Gasteiger partial charge in [-0.15, -0.1) is 0 Å². The summed E-state index contributed by atoms with van der Waals surface area (Å²) >= 11 is 0. The average Bonchev–Trinajstić information content (AvgIpc) is 2.79. The van der Waals surface area contributed by atoms with Gasteiger partial charge in [-0.1, -0.05) is 32.1 Å². The molecule has 1 aliphatic heterocycles. The van der Waals surface area contributed by atoms with E-state index >= 15 is 0 Å². The Bertz CT molecular complexity index is 910. The molecule has 1 unspecified atom stereocenters. The standard InChI is InChI=1S/C25H38N4O5/c1-7-8-20(31)10-9-19-11-21-23(26-12-19)34-22(14-28(6)25(33)27-16(2)3)17(4)13-29(24(21)32)18(5)15-30/h11-12,16-18,20,22,30-31H,7-8,13-15H2,1-6H3,(H,27,33)/t17-,18+,20?,22-/m0/s1. The van der Waals surface area contributed by atoms with E-state index in [1.54, 1.807) is 29.8 Å². The molecule has 0 bridgehead atoms. The first-order valence-corrected chi connectivity index (χ1v) is 11.9. The van der Waals surface area contributed by atoms with Crippen molar-refractivity contribution in [1.29, 1.82) is 0 Å². The zero-order chi connectivity index (χ0) is 25.4. The lowest BCUT2D eigenvalue weighted by Crippen LogP contribution is -2.51. The molecule has 0 saturated carbocycles. The van der Waals surface area contributed by atoms with Crippen LogP contribution in [0.3, 0.4) is 0 Å². The maximum Gasteiger partial charge on any atom is 0.317 e. The number of nitrogens with one attached hydrogen (secondary N) is 1. The molecule has 9 nitrogen and oxygen atoms in total. The van der Waals surface area contributed by atoms with Crippen molar-refractivity contribution in [1.82, 2.24) is 20.1 Å². The molecule has 9 heteroatoms. The Morgan fingerprint density at radius 1 is 1.41 bits per heavy atom. The lowest BCUT2D eigenvalue weighted by molar-refractivity contribution is 0.0351. The highest BCUT2D eigenvalue weighted by Crippen LogP contribution is 2.27. The normalized spacial score (nSPS) is 19.7. The van der Waals surface area contributed by atoms with Gasteiger partial charge >= 0.3 is 6.03 Å². The van der Waals surface area contributed by atoms with Crippen molar-refractivity contribution >= 4 is 11.9 Å². The van der Waals surface area contributed by atoms with Gasteiger partial charge in [-0.25, -0.2) is 9.78 Å². The van der Waals surface area contributed by atoms with Crippen molar-refractivity contribution in [2.75, 3.05) is 26.7 Å². The Kier molecular flexibility index (Phi) is 10.1. The number of likely N-dealkylation sites (N-methyl/N-ethyl adjacent to an activating group) is 1. The molecule has 0 spiro atoms. The highest BCUT2D eigenvalue weighted by atomic mass is 16.5. The van der Waals surface area contributed by atoms with Gasteiger partial charge < -0.3 is 30.1 Å². The van der Waals surface area contributed by atoms with Gasteiger partial charge in [0.25, 0.3) is 5.91 Å². The Labute approximate surface area is 202 Å². The Morgan fingerprint density at radius 2 is 2.12 bits per heavy atom. The lowest BCUT2D eigenvalue weighted by atomic mass is 10.00. The number of urea groups is 1. The fraction of sp³-hybridized carbons (Fsp3) is 0.640. The van der Waals surface area contributed by atoms with E-state index in [9.17, 15) is 19.8 Å². The SMILES string of the molecule is CCCC(O)C#Cc1cnc2c(c1)C(=O)N([C@H](C)CO)C[C@H](C)[C@H](CN(C)C(=O)NC(C)C)O2. The van der Waals surface area contributed by atoms with Gasteiger partial charge in [0.15, 0.2) is 0 Å². The van der Waals surface area contributed by atoms with Crippen molar-refractivity contribution in [2.45, 2.75) is 71.8 Å². The first-order valence-electron chi connectivity index (χ1n) is 11.9. The minimum Gasteiger partial charge on any atom is -0.472 e. The molecular weight excluding hydrogens is 436 g/mol. The minimum atomic E-state index is -0.748. The van der Waals surface area contributed by atoms with Crippen LogP contribution < -0.4 is 10.1 Å². The molecule has 0 fully saturated rings. The highest BCUT2D eigenvalue weighted by molar-refractivity contribution is 5.97. The molecule has 4 atom stereocenters. The van der Waals surface area contributed by atoms with Crippen LogP contribution in [0.5, 0.6) is 5.88 Å². The second-order valence-electron chi connectivity index (χ2n) is 9.26. The number of rotatable bonds is 7.